The van der Waals surface area contributed by atoms with Crippen LogP contribution in [0.4, 0.5) is 0 Å². The van der Waals surface area contributed by atoms with Crippen molar-refractivity contribution in [2.45, 2.75) is 26.8 Å². The van der Waals surface area contributed by atoms with Crippen molar-refractivity contribution >= 4 is 15.9 Å². The fraction of sp³-hybridized carbons (Fsp3) is 0.333. The van der Waals surface area contributed by atoms with E-state index < -0.39 is 0 Å². The summed E-state index contributed by atoms with van der Waals surface area (Å²) >= 11 is 3.51. The van der Waals surface area contributed by atoms with Crippen LogP contribution in [-0.4, -0.2) is 14.8 Å². The zero-order valence-corrected chi connectivity index (χ0v) is 11.7. The molecule has 5 heteroatoms. The van der Waals surface area contributed by atoms with E-state index in [4.69, 9.17) is 5.73 Å². The van der Waals surface area contributed by atoms with Crippen molar-refractivity contribution in [1.82, 2.24) is 14.8 Å². The van der Waals surface area contributed by atoms with Crippen LogP contribution in [0.1, 0.15) is 30.0 Å². The van der Waals surface area contributed by atoms with Gasteiger partial charge >= 0.3 is 0 Å². The van der Waals surface area contributed by atoms with E-state index in [1.54, 1.807) is 6.20 Å². The van der Waals surface area contributed by atoms with E-state index in [1.807, 2.05) is 37.6 Å². The predicted molar refractivity (Wildman–Crippen MR) is 71.1 cm³/mol. The minimum Gasteiger partial charge on any atom is -0.323 e. The number of aryl methyl sites for hydroxylation is 1. The molecule has 2 aromatic rings. The van der Waals surface area contributed by atoms with E-state index in [2.05, 4.69) is 26.0 Å². The maximum Gasteiger partial charge on any atom is 0.0832 e. The fourth-order valence-corrected chi connectivity index (χ4v) is 1.91. The Bertz CT molecular complexity index is 528. The number of halogens is 1. The van der Waals surface area contributed by atoms with Gasteiger partial charge in [0.15, 0.2) is 0 Å². The normalized spacial score (nSPS) is 12.8. The molecule has 0 aromatic carbocycles. The number of nitrogens with two attached hydrogens (primary N) is 1. The molecule has 0 saturated heterocycles. The average Bonchev–Trinajstić information content (AvgIpc) is 2.57. The maximum atomic E-state index is 5.77. The second-order valence-corrected chi connectivity index (χ2v) is 4.92. The summed E-state index contributed by atoms with van der Waals surface area (Å²) in [4.78, 5) is 4.33. The zero-order chi connectivity index (χ0) is 12.6. The molecule has 17 heavy (non-hydrogen) atoms. The monoisotopic (exact) mass is 294 g/mol. The van der Waals surface area contributed by atoms with Crippen LogP contribution in [0.15, 0.2) is 22.8 Å². The van der Waals surface area contributed by atoms with Gasteiger partial charge in [0.05, 0.1) is 33.4 Å². The van der Waals surface area contributed by atoms with Gasteiger partial charge in [-0.1, -0.05) is 0 Å². The molecule has 0 spiro atoms. The van der Waals surface area contributed by atoms with Crippen LogP contribution in [0, 0.1) is 13.8 Å². The maximum absolute atomic E-state index is 5.77. The second kappa shape index (κ2) is 4.58. The molecular formula is C12H15BrN4. The lowest BCUT2D eigenvalue weighted by Crippen LogP contribution is -2.08. The van der Waals surface area contributed by atoms with E-state index in [9.17, 15) is 0 Å². The molecule has 0 aliphatic rings. The van der Waals surface area contributed by atoms with Crippen LogP contribution in [0.25, 0.3) is 5.69 Å². The van der Waals surface area contributed by atoms with Crippen LogP contribution in [0.5, 0.6) is 0 Å². The number of rotatable bonds is 2. The molecule has 0 fully saturated rings. The molecule has 0 aliphatic carbocycles. The van der Waals surface area contributed by atoms with E-state index >= 15 is 0 Å². The molecular weight excluding hydrogens is 280 g/mol. The molecule has 90 valence electrons. The van der Waals surface area contributed by atoms with Gasteiger partial charge in [-0.25, -0.2) is 4.68 Å². The molecule has 2 heterocycles. The SMILES string of the molecule is Cc1nn(-c2ccc([C@@H](C)N)nc2)c(C)c1Br. The Balaban J connectivity index is 2.43. The number of nitrogens with zero attached hydrogens (tertiary/aromatic N) is 3. The van der Waals surface area contributed by atoms with Gasteiger partial charge in [-0.05, 0) is 48.8 Å². The van der Waals surface area contributed by atoms with Crippen molar-refractivity contribution in [2.75, 3.05) is 0 Å². The van der Waals surface area contributed by atoms with Gasteiger partial charge in [-0.2, -0.15) is 5.10 Å². The highest BCUT2D eigenvalue weighted by atomic mass is 79.9. The molecule has 2 N–H and O–H groups in total. The van der Waals surface area contributed by atoms with Crippen LogP contribution in [0.2, 0.25) is 0 Å². The molecule has 1 atom stereocenters. The van der Waals surface area contributed by atoms with Crippen LogP contribution in [0.3, 0.4) is 0 Å². The summed E-state index contributed by atoms with van der Waals surface area (Å²) in [7, 11) is 0. The molecule has 0 aliphatic heterocycles. The summed E-state index contributed by atoms with van der Waals surface area (Å²) in [5, 5.41) is 4.45. The third kappa shape index (κ3) is 2.25. The Morgan fingerprint density at radius 3 is 2.47 bits per heavy atom. The number of hydrogen-bond acceptors (Lipinski definition) is 3. The molecule has 0 amide bonds. The Labute approximate surface area is 109 Å². The topological polar surface area (TPSA) is 56.7 Å². The standard InChI is InChI=1S/C12H15BrN4/c1-7(14)11-5-4-10(6-15-11)17-9(3)12(13)8(2)16-17/h4-7H,14H2,1-3H3/t7-/m1/s1. The Morgan fingerprint density at radius 2 is 2.06 bits per heavy atom. The van der Waals surface area contributed by atoms with Crippen molar-refractivity contribution in [2.24, 2.45) is 5.73 Å². The molecule has 4 nitrogen and oxygen atoms in total. The van der Waals surface area contributed by atoms with Gasteiger partial charge in [0, 0.05) is 6.04 Å². The van der Waals surface area contributed by atoms with Crippen molar-refractivity contribution in [1.29, 1.82) is 0 Å². The van der Waals surface area contributed by atoms with Crippen LogP contribution in [-0.2, 0) is 0 Å². The predicted octanol–water partition coefficient (Wildman–Crippen LogP) is 2.67. The summed E-state index contributed by atoms with van der Waals surface area (Å²) in [6, 6.07) is 3.87. The van der Waals surface area contributed by atoms with Crippen molar-refractivity contribution in [3.05, 3.63) is 39.9 Å². The van der Waals surface area contributed by atoms with E-state index in [0.29, 0.717) is 0 Å². The van der Waals surface area contributed by atoms with E-state index in [-0.39, 0.29) is 6.04 Å². The smallest absolute Gasteiger partial charge is 0.0832 e. The van der Waals surface area contributed by atoms with Gasteiger partial charge in [-0.15, -0.1) is 0 Å². The number of pyridine rings is 1. The van der Waals surface area contributed by atoms with E-state index in [0.717, 1.165) is 27.2 Å². The zero-order valence-electron chi connectivity index (χ0n) is 10.1. The van der Waals surface area contributed by atoms with E-state index in [1.165, 1.54) is 0 Å². The first-order valence-electron chi connectivity index (χ1n) is 5.44. The second-order valence-electron chi connectivity index (χ2n) is 4.13. The molecule has 0 saturated carbocycles. The van der Waals surface area contributed by atoms with Crippen molar-refractivity contribution in [3.8, 4) is 5.69 Å². The lowest BCUT2D eigenvalue weighted by molar-refractivity contribution is 0.770. The van der Waals surface area contributed by atoms with Gasteiger partial charge in [-0.3, -0.25) is 4.98 Å². The van der Waals surface area contributed by atoms with Crippen LogP contribution < -0.4 is 5.73 Å². The highest BCUT2D eigenvalue weighted by molar-refractivity contribution is 9.10. The Hall–Kier alpha value is -1.20. The van der Waals surface area contributed by atoms with Crippen molar-refractivity contribution in [3.63, 3.8) is 0 Å². The number of hydrogen-bond donors (Lipinski definition) is 1. The molecule has 2 aromatic heterocycles. The molecule has 0 bridgehead atoms. The summed E-state index contributed by atoms with van der Waals surface area (Å²) in [5.41, 5.74) is 9.64. The Kier molecular flexibility index (Phi) is 3.31. The largest absolute Gasteiger partial charge is 0.323 e. The number of aromatic nitrogens is 3. The lowest BCUT2D eigenvalue weighted by atomic mass is 10.2. The Morgan fingerprint density at radius 1 is 1.35 bits per heavy atom. The van der Waals surface area contributed by atoms with Gasteiger partial charge in [0.1, 0.15) is 0 Å². The summed E-state index contributed by atoms with van der Waals surface area (Å²) < 4.78 is 2.91. The average molecular weight is 295 g/mol. The lowest BCUT2D eigenvalue weighted by Gasteiger charge is -2.07. The first-order valence-corrected chi connectivity index (χ1v) is 6.23. The fourth-order valence-electron chi connectivity index (χ4n) is 1.67. The summed E-state index contributed by atoms with van der Waals surface area (Å²) in [5.74, 6) is 0. The van der Waals surface area contributed by atoms with Gasteiger partial charge in [0.25, 0.3) is 0 Å². The highest BCUT2D eigenvalue weighted by Crippen LogP contribution is 2.22. The van der Waals surface area contributed by atoms with Crippen molar-refractivity contribution < 1.29 is 0 Å². The third-order valence-corrected chi connectivity index (χ3v) is 3.83. The van der Waals surface area contributed by atoms with Gasteiger partial charge in [0.2, 0.25) is 0 Å². The molecule has 2 rings (SSSR count). The quantitative estimate of drug-likeness (QED) is 0.926. The first-order chi connectivity index (χ1) is 8.00. The third-order valence-electron chi connectivity index (χ3n) is 2.68. The minimum absolute atomic E-state index is 0.0451. The molecule has 0 radical (unpaired) electrons. The highest BCUT2D eigenvalue weighted by Gasteiger charge is 2.10. The van der Waals surface area contributed by atoms with Gasteiger partial charge < -0.3 is 5.73 Å². The molecule has 0 unspecified atom stereocenters. The van der Waals surface area contributed by atoms with Crippen LogP contribution >= 0.6 is 15.9 Å². The summed E-state index contributed by atoms with van der Waals surface area (Å²) in [6.45, 7) is 5.91. The first kappa shape index (κ1) is 12.3. The minimum atomic E-state index is -0.0451. The summed E-state index contributed by atoms with van der Waals surface area (Å²) in [6.07, 6.45) is 1.80.